The second kappa shape index (κ2) is 11.0. The number of furan rings is 1. The minimum absolute atomic E-state index is 0.0959. The molecule has 0 fully saturated rings. The minimum Gasteiger partial charge on any atom is -0.455 e. The van der Waals surface area contributed by atoms with Crippen molar-refractivity contribution in [2.45, 2.75) is 0 Å². The molecule has 1 amide bonds. The molecule has 9 nitrogen and oxygen atoms in total. The number of nitrogens with zero attached hydrogens (tertiary/aromatic N) is 3. The Morgan fingerprint density at radius 2 is 1.79 bits per heavy atom. The van der Waals surface area contributed by atoms with Gasteiger partial charge >= 0.3 is 0 Å². The molecule has 2 N–H and O–H groups in total. The number of H-pyrrole nitrogens is 1. The van der Waals surface area contributed by atoms with Crippen LogP contribution >= 0.6 is 0 Å². The van der Waals surface area contributed by atoms with Gasteiger partial charge in [0.05, 0.1) is 47.8 Å². The minimum atomic E-state index is -3.96. The molecule has 6 rings (SSSR count). The zero-order valence-corrected chi connectivity index (χ0v) is 23.9. The van der Waals surface area contributed by atoms with Gasteiger partial charge in [-0.3, -0.25) is 14.1 Å². The number of fused-ring (bicyclic) bond motifs is 2. The van der Waals surface area contributed by atoms with Crippen LogP contribution in [-0.2, 0) is 10.0 Å². The van der Waals surface area contributed by atoms with Crippen LogP contribution in [0.4, 0.5) is 14.5 Å². The van der Waals surface area contributed by atoms with Gasteiger partial charge in [-0.15, -0.1) is 0 Å². The molecule has 3 aromatic heterocycles. The Bertz CT molecular complexity index is 2070. The number of aromatic nitrogens is 3. The molecule has 12 heteroatoms. The number of hydrogen-bond acceptors (Lipinski definition) is 6. The van der Waals surface area contributed by atoms with Crippen LogP contribution in [0.3, 0.4) is 0 Å². The predicted octanol–water partition coefficient (Wildman–Crippen LogP) is 5.94. The first-order valence-electron chi connectivity index (χ1n) is 13.2. The monoisotopic (exact) mass is 601 g/mol. The highest BCUT2D eigenvalue weighted by molar-refractivity contribution is 7.92. The molecule has 0 saturated carbocycles. The van der Waals surface area contributed by atoms with Gasteiger partial charge in [0.15, 0.2) is 0 Å². The van der Waals surface area contributed by atoms with Crippen molar-refractivity contribution in [3.8, 4) is 34.0 Å². The molecule has 3 aromatic carbocycles. The number of benzene rings is 3. The smallest absolute Gasteiger partial charge is 0.255 e. The highest BCUT2D eigenvalue weighted by Crippen LogP contribution is 2.41. The van der Waals surface area contributed by atoms with Crippen molar-refractivity contribution in [1.82, 2.24) is 20.3 Å². The molecule has 0 aliphatic heterocycles. The number of nitrogens with one attached hydrogen (secondary N) is 2. The van der Waals surface area contributed by atoms with Gasteiger partial charge in [-0.25, -0.2) is 22.2 Å². The number of carbonyl (C=O) groups excluding carboxylic acids is 1. The first-order valence-corrected chi connectivity index (χ1v) is 15.1. The summed E-state index contributed by atoms with van der Waals surface area (Å²) in [4.78, 5) is 25.6. The molecular weight excluding hydrogens is 576 g/mol. The number of anilines is 1. The van der Waals surface area contributed by atoms with Gasteiger partial charge in [-0.05, 0) is 42.5 Å². The number of halogens is 2. The lowest BCUT2D eigenvalue weighted by atomic mass is 10.0. The molecule has 3 heterocycles. The van der Waals surface area contributed by atoms with Crippen LogP contribution in [0.25, 0.3) is 55.8 Å². The molecule has 0 atom stereocenters. The lowest BCUT2D eigenvalue weighted by molar-refractivity contribution is 0.0964. The van der Waals surface area contributed by atoms with Crippen LogP contribution in [-0.4, -0.2) is 55.8 Å². The van der Waals surface area contributed by atoms with Crippen LogP contribution < -0.4 is 9.62 Å². The first kappa shape index (κ1) is 28.0. The average Bonchev–Trinajstić information content (AvgIpc) is 3.60. The molecule has 6 aromatic rings. The Hall–Kier alpha value is -5.10. The van der Waals surface area contributed by atoms with E-state index in [1.165, 1.54) is 43.6 Å². The lowest BCUT2D eigenvalue weighted by Crippen LogP contribution is -2.32. The summed E-state index contributed by atoms with van der Waals surface area (Å²) in [5.74, 6) is -0.778. The van der Waals surface area contributed by atoms with E-state index in [0.29, 0.717) is 22.3 Å². The van der Waals surface area contributed by atoms with E-state index in [2.05, 4.69) is 15.3 Å². The molecule has 0 radical (unpaired) electrons. The largest absolute Gasteiger partial charge is 0.455 e. The van der Waals surface area contributed by atoms with Crippen molar-refractivity contribution >= 4 is 43.5 Å². The number of para-hydroxylation sites is 1. The van der Waals surface area contributed by atoms with Gasteiger partial charge in [-0.2, -0.15) is 0 Å². The summed E-state index contributed by atoms with van der Waals surface area (Å²) in [6.07, 6.45) is 4.02. The third kappa shape index (κ3) is 5.21. The van der Waals surface area contributed by atoms with Gasteiger partial charge in [0.2, 0.25) is 10.0 Å². The van der Waals surface area contributed by atoms with Crippen molar-refractivity contribution in [1.29, 1.82) is 0 Å². The molecule has 0 unspecified atom stereocenters. The molecule has 0 aliphatic carbocycles. The number of amides is 1. The van der Waals surface area contributed by atoms with Crippen LogP contribution in [0.15, 0.2) is 83.5 Å². The van der Waals surface area contributed by atoms with Crippen molar-refractivity contribution in [3.63, 3.8) is 0 Å². The maximum Gasteiger partial charge on any atom is 0.255 e. The number of carbonyl (C=O) groups is 1. The standard InChI is InChI=1S/C31H25F2N5O4S/c1-34-31(39)29-22-14-21(25-16-35-17-26(37-25)24-13-19-5-3-4-6-23(19)36-24)27(38(12-11-32)43(2,40)41)15-28(22)42-30(29)18-7-9-20(33)10-8-18/h3-10,13-17,36H,11-12H2,1-2H3,(H,34,39). The van der Waals surface area contributed by atoms with Crippen molar-refractivity contribution in [3.05, 3.63) is 90.5 Å². The second-order valence-corrected chi connectivity index (χ2v) is 11.7. The number of alkyl halides is 1. The summed E-state index contributed by atoms with van der Waals surface area (Å²) >= 11 is 0. The van der Waals surface area contributed by atoms with Gasteiger partial charge in [0.1, 0.15) is 29.5 Å². The lowest BCUT2D eigenvalue weighted by Gasteiger charge is -2.23. The summed E-state index contributed by atoms with van der Waals surface area (Å²) in [6, 6.07) is 18.1. The van der Waals surface area contributed by atoms with Gasteiger partial charge in [0, 0.05) is 40.5 Å². The SMILES string of the molecule is CNC(=O)c1c(-c2ccc(F)cc2)oc2cc(N(CCF)S(C)(=O)=O)c(-c3cncc(-c4cc5ccccc5[nH]4)n3)cc12. The molecular formula is C31H25F2N5O4S. The van der Waals surface area contributed by atoms with Gasteiger partial charge < -0.3 is 14.7 Å². The molecule has 218 valence electrons. The van der Waals surface area contributed by atoms with Crippen LogP contribution in [0.2, 0.25) is 0 Å². The van der Waals surface area contributed by atoms with E-state index >= 15 is 0 Å². The van der Waals surface area contributed by atoms with Gasteiger partial charge in [-0.1, -0.05) is 18.2 Å². The number of hydrogen-bond donors (Lipinski definition) is 2. The fraction of sp³-hybridized carbons (Fsp3) is 0.129. The molecule has 0 saturated heterocycles. The summed E-state index contributed by atoms with van der Waals surface area (Å²) in [5.41, 5.74) is 3.51. The topological polar surface area (TPSA) is 121 Å². The highest BCUT2D eigenvalue weighted by Gasteiger charge is 2.28. The molecule has 0 aliphatic rings. The van der Waals surface area contributed by atoms with Crippen LogP contribution in [0, 0.1) is 5.82 Å². The Balaban J connectivity index is 1.63. The number of aromatic amines is 1. The van der Waals surface area contributed by atoms with E-state index < -0.39 is 35.0 Å². The van der Waals surface area contributed by atoms with Crippen molar-refractivity contribution in [2.24, 2.45) is 0 Å². The fourth-order valence-corrected chi connectivity index (χ4v) is 5.99. The Morgan fingerprint density at radius 3 is 2.49 bits per heavy atom. The summed E-state index contributed by atoms with van der Waals surface area (Å²) < 4.78 is 60.3. The van der Waals surface area contributed by atoms with Crippen molar-refractivity contribution < 1.29 is 26.4 Å². The first-order chi connectivity index (χ1) is 20.7. The maximum absolute atomic E-state index is 13.7. The predicted molar refractivity (Wildman–Crippen MR) is 161 cm³/mol. The molecule has 0 bridgehead atoms. The maximum atomic E-state index is 13.7. The third-order valence-corrected chi connectivity index (χ3v) is 8.22. The summed E-state index contributed by atoms with van der Waals surface area (Å²) in [5, 5.41) is 3.93. The van der Waals surface area contributed by atoms with E-state index in [9.17, 15) is 22.0 Å². The number of rotatable bonds is 8. The normalized spacial score (nSPS) is 11.7. The highest BCUT2D eigenvalue weighted by atomic mass is 32.2. The van der Waals surface area contributed by atoms with E-state index in [1.807, 2.05) is 30.3 Å². The quantitative estimate of drug-likeness (QED) is 0.223. The zero-order chi connectivity index (χ0) is 30.3. The van der Waals surface area contributed by atoms with Gasteiger partial charge in [0.25, 0.3) is 5.91 Å². The van der Waals surface area contributed by atoms with Crippen LogP contribution in [0.5, 0.6) is 0 Å². The molecule has 0 spiro atoms. The van der Waals surface area contributed by atoms with E-state index in [-0.39, 0.29) is 33.9 Å². The Morgan fingerprint density at radius 1 is 1.05 bits per heavy atom. The summed E-state index contributed by atoms with van der Waals surface area (Å²) in [7, 11) is -2.50. The second-order valence-electron chi connectivity index (χ2n) is 9.84. The Kier molecular flexibility index (Phi) is 7.14. The summed E-state index contributed by atoms with van der Waals surface area (Å²) in [6.45, 7) is -1.41. The van der Waals surface area contributed by atoms with E-state index in [4.69, 9.17) is 9.40 Å². The fourth-order valence-electron chi connectivity index (χ4n) is 5.08. The zero-order valence-electron chi connectivity index (χ0n) is 23.1. The Labute approximate surface area is 245 Å². The number of sulfonamides is 1. The van der Waals surface area contributed by atoms with E-state index in [0.717, 1.165) is 21.5 Å². The third-order valence-electron chi connectivity index (χ3n) is 7.04. The molecule has 43 heavy (non-hydrogen) atoms. The average molecular weight is 602 g/mol. The van der Waals surface area contributed by atoms with Crippen LogP contribution in [0.1, 0.15) is 10.4 Å². The van der Waals surface area contributed by atoms with E-state index in [1.54, 1.807) is 12.3 Å². The van der Waals surface area contributed by atoms with Crippen molar-refractivity contribution in [2.75, 3.05) is 30.8 Å².